The van der Waals surface area contributed by atoms with Gasteiger partial charge in [-0.1, -0.05) is 13.8 Å². The van der Waals surface area contributed by atoms with Gasteiger partial charge in [-0.15, -0.1) is 0 Å². The Kier molecular flexibility index (Phi) is 5.74. The zero-order chi connectivity index (χ0) is 16.9. The molecule has 0 spiro atoms. The van der Waals surface area contributed by atoms with Crippen molar-refractivity contribution in [3.63, 3.8) is 0 Å². The normalized spacial score (nSPS) is 20.5. The van der Waals surface area contributed by atoms with Crippen LogP contribution in [0.3, 0.4) is 0 Å². The van der Waals surface area contributed by atoms with Crippen LogP contribution in [0.25, 0.3) is 0 Å². The molecule has 0 saturated carbocycles. The van der Waals surface area contributed by atoms with E-state index in [-0.39, 0.29) is 18.4 Å². The number of ether oxygens (including phenoxy) is 2. The molecule has 2 N–H and O–H groups in total. The van der Waals surface area contributed by atoms with Crippen molar-refractivity contribution in [3.8, 4) is 0 Å². The van der Waals surface area contributed by atoms with Gasteiger partial charge in [-0.3, -0.25) is 9.59 Å². The molecule has 0 aliphatic carbocycles. The SMILES string of the molecule is CO[C@@]1(C(=O)Nc2ccc(NC(=O)CC(C)C)cc2)CCOC1. The van der Waals surface area contributed by atoms with E-state index >= 15 is 0 Å². The second-order valence-corrected chi connectivity index (χ2v) is 6.18. The van der Waals surface area contributed by atoms with E-state index in [1.807, 2.05) is 13.8 Å². The minimum atomic E-state index is -0.913. The van der Waals surface area contributed by atoms with Crippen molar-refractivity contribution in [2.45, 2.75) is 32.3 Å². The molecule has 6 nitrogen and oxygen atoms in total. The van der Waals surface area contributed by atoms with Crippen molar-refractivity contribution in [1.29, 1.82) is 0 Å². The van der Waals surface area contributed by atoms with Crippen LogP contribution in [0.2, 0.25) is 0 Å². The number of anilines is 2. The van der Waals surface area contributed by atoms with Gasteiger partial charge in [-0.25, -0.2) is 0 Å². The number of hydrogen-bond acceptors (Lipinski definition) is 4. The highest BCUT2D eigenvalue weighted by molar-refractivity contribution is 5.98. The fourth-order valence-corrected chi connectivity index (χ4v) is 2.44. The lowest BCUT2D eigenvalue weighted by Crippen LogP contribution is -2.45. The lowest BCUT2D eigenvalue weighted by Gasteiger charge is -2.24. The number of methoxy groups -OCH3 is 1. The van der Waals surface area contributed by atoms with E-state index in [9.17, 15) is 9.59 Å². The zero-order valence-electron chi connectivity index (χ0n) is 13.8. The van der Waals surface area contributed by atoms with E-state index in [1.165, 1.54) is 7.11 Å². The van der Waals surface area contributed by atoms with E-state index in [1.54, 1.807) is 24.3 Å². The summed E-state index contributed by atoms with van der Waals surface area (Å²) in [5.41, 5.74) is 0.448. The molecular weight excluding hydrogens is 296 g/mol. The van der Waals surface area contributed by atoms with E-state index < -0.39 is 5.60 Å². The third-order valence-corrected chi connectivity index (χ3v) is 3.81. The molecule has 1 aromatic carbocycles. The molecule has 0 bridgehead atoms. The molecule has 0 unspecified atom stereocenters. The molecule has 2 rings (SSSR count). The van der Waals surface area contributed by atoms with Crippen molar-refractivity contribution in [3.05, 3.63) is 24.3 Å². The Balaban J connectivity index is 1.94. The highest BCUT2D eigenvalue weighted by Gasteiger charge is 2.42. The van der Waals surface area contributed by atoms with Crippen LogP contribution in [0.4, 0.5) is 11.4 Å². The Labute approximate surface area is 136 Å². The predicted octanol–water partition coefficient (Wildman–Crippen LogP) is 2.42. The van der Waals surface area contributed by atoms with E-state index in [0.29, 0.717) is 36.7 Å². The first-order chi connectivity index (χ1) is 10.9. The van der Waals surface area contributed by atoms with E-state index in [0.717, 1.165) is 0 Å². The minimum Gasteiger partial charge on any atom is -0.378 e. The van der Waals surface area contributed by atoms with Crippen LogP contribution in [-0.4, -0.2) is 37.7 Å². The lowest BCUT2D eigenvalue weighted by molar-refractivity contribution is -0.137. The Hall–Kier alpha value is -1.92. The smallest absolute Gasteiger partial charge is 0.259 e. The largest absolute Gasteiger partial charge is 0.378 e. The van der Waals surface area contributed by atoms with Gasteiger partial charge >= 0.3 is 0 Å². The Morgan fingerprint density at radius 2 is 1.83 bits per heavy atom. The molecule has 2 amide bonds. The van der Waals surface area contributed by atoms with Crippen LogP contribution >= 0.6 is 0 Å². The third kappa shape index (κ3) is 4.53. The summed E-state index contributed by atoms with van der Waals surface area (Å²) in [5.74, 6) is 0.0831. The zero-order valence-corrected chi connectivity index (χ0v) is 13.8. The topological polar surface area (TPSA) is 76.7 Å². The summed E-state index contributed by atoms with van der Waals surface area (Å²) in [6, 6.07) is 7.03. The van der Waals surface area contributed by atoms with Crippen LogP contribution in [0.1, 0.15) is 26.7 Å². The first-order valence-corrected chi connectivity index (χ1v) is 7.79. The van der Waals surface area contributed by atoms with Gasteiger partial charge in [0.25, 0.3) is 5.91 Å². The van der Waals surface area contributed by atoms with Crippen molar-refractivity contribution in [1.82, 2.24) is 0 Å². The Morgan fingerprint density at radius 3 is 2.30 bits per heavy atom. The number of nitrogens with one attached hydrogen (secondary N) is 2. The van der Waals surface area contributed by atoms with Gasteiger partial charge in [-0.05, 0) is 30.2 Å². The first-order valence-electron chi connectivity index (χ1n) is 7.79. The molecule has 23 heavy (non-hydrogen) atoms. The Morgan fingerprint density at radius 1 is 1.22 bits per heavy atom. The maximum absolute atomic E-state index is 12.4. The number of amides is 2. The molecule has 126 valence electrons. The summed E-state index contributed by atoms with van der Waals surface area (Å²) in [4.78, 5) is 24.1. The second-order valence-electron chi connectivity index (χ2n) is 6.18. The molecule has 1 heterocycles. The van der Waals surface area contributed by atoms with Gasteiger partial charge in [-0.2, -0.15) is 0 Å². The highest BCUT2D eigenvalue weighted by Crippen LogP contribution is 2.25. The molecule has 6 heteroatoms. The molecule has 1 aromatic rings. The predicted molar refractivity (Wildman–Crippen MR) is 88.3 cm³/mol. The quantitative estimate of drug-likeness (QED) is 0.844. The fourth-order valence-electron chi connectivity index (χ4n) is 2.44. The average molecular weight is 320 g/mol. The lowest BCUT2D eigenvalue weighted by atomic mass is 10.0. The average Bonchev–Trinajstić information content (AvgIpc) is 2.98. The van der Waals surface area contributed by atoms with Gasteiger partial charge in [0.05, 0.1) is 13.2 Å². The third-order valence-electron chi connectivity index (χ3n) is 3.81. The summed E-state index contributed by atoms with van der Waals surface area (Å²) < 4.78 is 10.6. The van der Waals surface area contributed by atoms with Crippen molar-refractivity contribution in [2.75, 3.05) is 31.0 Å². The maximum Gasteiger partial charge on any atom is 0.259 e. The first kappa shape index (κ1) is 17.4. The summed E-state index contributed by atoms with van der Waals surface area (Å²) >= 11 is 0. The number of benzene rings is 1. The van der Waals surface area contributed by atoms with Crippen molar-refractivity contribution in [2.24, 2.45) is 5.92 Å². The van der Waals surface area contributed by atoms with Crippen LogP contribution < -0.4 is 10.6 Å². The van der Waals surface area contributed by atoms with Gasteiger partial charge < -0.3 is 20.1 Å². The number of carbonyl (C=O) groups is 2. The summed E-state index contributed by atoms with van der Waals surface area (Å²) in [7, 11) is 1.52. The maximum atomic E-state index is 12.4. The van der Waals surface area contributed by atoms with Crippen LogP contribution in [0.5, 0.6) is 0 Å². The van der Waals surface area contributed by atoms with Crippen molar-refractivity contribution >= 4 is 23.2 Å². The summed E-state index contributed by atoms with van der Waals surface area (Å²) in [5, 5.41) is 5.66. The van der Waals surface area contributed by atoms with Crippen LogP contribution in [0, 0.1) is 5.92 Å². The molecule has 1 aliphatic heterocycles. The molecule has 1 aliphatic rings. The summed E-state index contributed by atoms with van der Waals surface area (Å²) in [6.45, 7) is 4.77. The summed E-state index contributed by atoms with van der Waals surface area (Å²) in [6.07, 6.45) is 1.02. The van der Waals surface area contributed by atoms with E-state index in [4.69, 9.17) is 9.47 Å². The van der Waals surface area contributed by atoms with Crippen molar-refractivity contribution < 1.29 is 19.1 Å². The van der Waals surface area contributed by atoms with Gasteiger partial charge in [0.2, 0.25) is 5.91 Å². The molecule has 1 fully saturated rings. The van der Waals surface area contributed by atoms with Crippen LogP contribution in [0.15, 0.2) is 24.3 Å². The monoisotopic (exact) mass is 320 g/mol. The molecule has 0 radical (unpaired) electrons. The molecule has 0 aromatic heterocycles. The highest BCUT2D eigenvalue weighted by atomic mass is 16.6. The number of rotatable bonds is 6. The van der Waals surface area contributed by atoms with Gasteiger partial charge in [0, 0.05) is 31.3 Å². The minimum absolute atomic E-state index is 0.0155. The second kappa shape index (κ2) is 7.57. The van der Waals surface area contributed by atoms with E-state index in [2.05, 4.69) is 10.6 Å². The van der Waals surface area contributed by atoms with Gasteiger partial charge in [0.15, 0.2) is 5.60 Å². The standard InChI is InChI=1S/C17H24N2O4/c1-12(2)10-15(20)18-13-4-6-14(7-5-13)19-16(21)17(22-3)8-9-23-11-17/h4-7,12H,8-11H2,1-3H3,(H,18,20)(H,19,21)/t17-/m0/s1. The molecular formula is C17H24N2O4. The van der Waals surface area contributed by atoms with Gasteiger partial charge in [0.1, 0.15) is 0 Å². The molecule has 1 atom stereocenters. The number of carbonyl (C=O) groups excluding carboxylic acids is 2. The number of hydrogen-bond donors (Lipinski definition) is 2. The fraction of sp³-hybridized carbons (Fsp3) is 0.529. The Bertz CT molecular complexity index is 548. The molecule has 1 saturated heterocycles. The van der Waals surface area contributed by atoms with Crippen LogP contribution in [-0.2, 0) is 19.1 Å².